The number of benzene rings is 1. The molecule has 2 heterocycles. The number of halogens is 1. The first-order valence-corrected chi connectivity index (χ1v) is 9.29. The minimum atomic E-state index is -0.610. The van der Waals surface area contributed by atoms with Crippen LogP contribution >= 0.6 is 11.6 Å². The van der Waals surface area contributed by atoms with E-state index in [1.165, 1.54) is 12.3 Å². The number of nitro groups is 1. The second-order valence-electron chi connectivity index (χ2n) is 6.52. The number of nitro benzene ring substituents is 1. The van der Waals surface area contributed by atoms with Crippen LogP contribution in [-0.4, -0.2) is 59.5 Å². The van der Waals surface area contributed by atoms with Crippen LogP contribution in [-0.2, 0) is 9.53 Å². The van der Waals surface area contributed by atoms with Crippen molar-refractivity contribution >= 4 is 34.9 Å². The minimum Gasteiger partial charge on any atom is -0.452 e. The van der Waals surface area contributed by atoms with E-state index < -0.39 is 10.9 Å². The fourth-order valence-corrected chi connectivity index (χ4v) is 3.16. The van der Waals surface area contributed by atoms with Gasteiger partial charge in [0.05, 0.1) is 10.5 Å². The molecule has 0 unspecified atom stereocenters. The number of nitrogens with zero attached hydrogens (tertiary/aromatic N) is 4. The Morgan fingerprint density at radius 2 is 1.93 bits per heavy atom. The lowest BCUT2D eigenvalue weighted by molar-refractivity contribution is -0.384. The molecule has 1 fully saturated rings. The van der Waals surface area contributed by atoms with E-state index in [0.29, 0.717) is 36.9 Å². The Bertz CT molecular complexity index is 927. The summed E-state index contributed by atoms with van der Waals surface area (Å²) in [5.41, 5.74) is 1.45. The lowest BCUT2D eigenvalue weighted by Gasteiger charge is -2.35. The summed E-state index contributed by atoms with van der Waals surface area (Å²) in [6, 6.07) is 7.80. The van der Waals surface area contributed by atoms with Crippen LogP contribution in [0.15, 0.2) is 36.5 Å². The van der Waals surface area contributed by atoms with E-state index in [-0.39, 0.29) is 23.8 Å². The Morgan fingerprint density at radius 3 is 2.55 bits per heavy atom. The molecule has 29 heavy (non-hydrogen) atoms. The number of carbonyl (C=O) groups is 2. The Hall–Kier alpha value is -3.20. The van der Waals surface area contributed by atoms with Gasteiger partial charge in [-0.3, -0.25) is 19.9 Å². The van der Waals surface area contributed by atoms with Gasteiger partial charge in [-0.15, -0.1) is 0 Å². The number of pyridine rings is 1. The molecule has 0 aliphatic carbocycles. The monoisotopic (exact) mass is 418 g/mol. The summed E-state index contributed by atoms with van der Waals surface area (Å²) in [5, 5.41) is 11.6. The maximum Gasteiger partial charge on any atom is 0.340 e. The van der Waals surface area contributed by atoms with Gasteiger partial charge in [0.1, 0.15) is 5.69 Å². The number of ether oxygens (including phenoxy) is 1. The molecule has 0 saturated carbocycles. The predicted octanol–water partition coefficient (Wildman–Crippen LogP) is 2.46. The van der Waals surface area contributed by atoms with E-state index >= 15 is 0 Å². The summed E-state index contributed by atoms with van der Waals surface area (Å²) in [4.78, 5) is 42.6. The van der Waals surface area contributed by atoms with E-state index in [0.717, 1.165) is 5.69 Å². The first-order valence-electron chi connectivity index (χ1n) is 8.91. The molecular weight excluding hydrogens is 400 g/mol. The molecule has 0 N–H and O–H groups in total. The highest BCUT2D eigenvalue weighted by molar-refractivity contribution is 6.30. The maximum atomic E-state index is 12.3. The molecule has 1 aliphatic rings. The molecule has 0 radical (unpaired) electrons. The zero-order chi connectivity index (χ0) is 21.0. The second-order valence-corrected chi connectivity index (χ2v) is 6.96. The van der Waals surface area contributed by atoms with Gasteiger partial charge >= 0.3 is 5.97 Å². The van der Waals surface area contributed by atoms with Crippen molar-refractivity contribution in [1.29, 1.82) is 0 Å². The van der Waals surface area contributed by atoms with Crippen LogP contribution in [0.25, 0.3) is 0 Å². The van der Waals surface area contributed by atoms with Crippen molar-refractivity contribution < 1.29 is 19.2 Å². The van der Waals surface area contributed by atoms with Crippen molar-refractivity contribution in [3.05, 3.63) is 62.9 Å². The van der Waals surface area contributed by atoms with Gasteiger partial charge in [-0.25, -0.2) is 4.79 Å². The molecular formula is C19H19ClN4O5. The highest BCUT2D eigenvalue weighted by Gasteiger charge is 2.26. The first-order chi connectivity index (χ1) is 13.8. The largest absolute Gasteiger partial charge is 0.452 e. The van der Waals surface area contributed by atoms with Crippen molar-refractivity contribution in [2.24, 2.45) is 0 Å². The zero-order valence-electron chi connectivity index (χ0n) is 15.7. The normalized spacial score (nSPS) is 13.9. The molecule has 3 rings (SSSR count). The van der Waals surface area contributed by atoms with E-state index in [1.807, 2.05) is 4.90 Å². The first kappa shape index (κ1) is 20.5. The minimum absolute atomic E-state index is 0.0714. The molecule has 10 heteroatoms. The molecule has 1 saturated heterocycles. The highest BCUT2D eigenvalue weighted by atomic mass is 35.5. The van der Waals surface area contributed by atoms with E-state index in [1.54, 1.807) is 36.1 Å². The van der Waals surface area contributed by atoms with Gasteiger partial charge in [0.25, 0.3) is 11.6 Å². The van der Waals surface area contributed by atoms with Gasteiger partial charge in [-0.1, -0.05) is 11.6 Å². The second kappa shape index (κ2) is 8.87. The predicted molar refractivity (Wildman–Crippen MR) is 106 cm³/mol. The molecule has 1 aromatic heterocycles. The van der Waals surface area contributed by atoms with Crippen molar-refractivity contribution in [2.75, 3.05) is 37.7 Å². The maximum absolute atomic E-state index is 12.3. The van der Waals surface area contributed by atoms with Gasteiger partial charge in [-0.2, -0.15) is 0 Å². The summed E-state index contributed by atoms with van der Waals surface area (Å²) in [7, 11) is 0. The smallest absolute Gasteiger partial charge is 0.340 e. The van der Waals surface area contributed by atoms with Crippen LogP contribution in [0, 0.1) is 17.0 Å². The Balaban J connectivity index is 1.54. The van der Waals surface area contributed by atoms with Crippen molar-refractivity contribution in [2.45, 2.75) is 6.92 Å². The van der Waals surface area contributed by atoms with Crippen LogP contribution in [0.1, 0.15) is 16.1 Å². The van der Waals surface area contributed by atoms with Crippen LogP contribution in [0.2, 0.25) is 5.02 Å². The lowest BCUT2D eigenvalue weighted by atomic mass is 10.2. The molecule has 0 atom stereocenters. The average Bonchev–Trinajstić information content (AvgIpc) is 2.72. The number of rotatable bonds is 5. The lowest BCUT2D eigenvalue weighted by Crippen LogP contribution is -2.50. The third kappa shape index (κ3) is 5.00. The fraction of sp³-hybridized carbons (Fsp3) is 0.316. The third-order valence-corrected chi connectivity index (χ3v) is 4.82. The van der Waals surface area contributed by atoms with Crippen LogP contribution in [0.5, 0.6) is 0 Å². The number of piperazine rings is 1. The Kier molecular flexibility index (Phi) is 6.28. The van der Waals surface area contributed by atoms with Crippen molar-refractivity contribution in [1.82, 2.24) is 9.88 Å². The van der Waals surface area contributed by atoms with Gasteiger partial charge in [-0.05, 0) is 31.2 Å². The quantitative estimate of drug-likeness (QED) is 0.417. The highest BCUT2D eigenvalue weighted by Crippen LogP contribution is 2.31. The number of hydrogen-bond acceptors (Lipinski definition) is 7. The Morgan fingerprint density at radius 1 is 1.21 bits per heavy atom. The number of esters is 1. The van der Waals surface area contributed by atoms with Crippen molar-refractivity contribution in [3.8, 4) is 0 Å². The van der Waals surface area contributed by atoms with Crippen LogP contribution in [0.4, 0.5) is 11.4 Å². The summed E-state index contributed by atoms with van der Waals surface area (Å²) in [6.07, 6.45) is 1.40. The summed E-state index contributed by atoms with van der Waals surface area (Å²) in [5.74, 6) is -0.926. The van der Waals surface area contributed by atoms with Gasteiger partial charge in [0.2, 0.25) is 0 Å². The standard InChI is InChI=1S/C19H19ClN4O5/c1-13-2-3-14(11-21-13)19(26)29-12-18(25)23-8-6-22(7-9-23)16-5-4-15(20)10-17(16)24(27)28/h2-5,10-11H,6-9,12H2,1H3. The summed E-state index contributed by atoms with van der Waals surface area (Å²) >= 11 is 5.86. The SMILES string of the molecule is Cc1ccc(C(=O)OCC(=O)N2CCN(c3ccc(Cl)cc3[N+](=O)[O-])CC2)cn1. The molecule has 0 spiro atoms. The number of aromatic nitrogens is 1. The number of anilines is 1. The molecule has 1 aliphatic heterocycles. The molecule has 0 bridgehead atoms. The number of aryl methyl sites for hydroxylation is 1. The molecule has 152 valence electrons. The fourth-order valence-electron chi connectivity index (χ4n) is 3.00. The average molecular weight is 419 g/mol. The molecule has 9 nitrogen and oxygen atoms in total. The Labute approximate surface area is 172 Å². The molecule has 1 amide bonds. The number of carbonyl (C=O) groups excluding carboxylic acids is 2. The third-order valence-electron chi connectivity index (χ3n) is 4.58. The summed E-state index contributed by atoms with van der Waals surface area (Å²) < 4.78 is 5.07. The van der Waals surface area contributed by atoms with E-state index in [9.17, 15) is 19.7 Å². The molecule has 1 aromatic carbocycles. The van der Waals surface area contributed by atoms with Gasteiger partial charge < -0.3 is 14.5 Å². The van der Waals surface area contributed by atoms with Crippen LogP contribution in [0.3, 0.4) is 0 Å². The molecule has 2 aromatic rings. The number of amides is 1. The van der Waals surface area contributed by atoms with Crippen molar-refractivity contribution in [3.63, 3.8) is 0 Å². The van der Waals surface area contributed by atoms with E-state index in [4.69, 9.17) is 16.3 Å². The van der Waals surface area contributed by atoms with Gasteiger partial charge in [0.15, 0.2) is 6.61 Å². The van der Waals surface area contributed by atoms with Gasteiger partial charge in [0, 0.05) is 49.2 Å². The van der Waals surface area contributed by atoms with Crippen LogP contribution < -0.4 is 4.90 Å². The zero-order valence-corrected chi connectivity index (χ0v) is 16.5. The topological polar surface area (TPSA) is 106 Å². The summed E-state index contributed by atoms with van der Waals surface area (Å²) in [6.45, 7) is 3.00. The number of hydrogen-bond donors (Lipinski definition) is 0. The van der Waals surface area contributed by atoms with E-state index in [2.05, 4.69) is 4.98 Å².